The molecule has 0 radical (unpaired) electrons. The molecule has 3 heterocycles. The number of amides is 1. The average Bonchev–Trinajstić information content (AvgIpc) is 3.36. The van der Waals surface area contributed by atoms with Gasteiger partial charge in [-0.2, -0.15) is 0 Å². The third kappa shape index (κ3) is 4.58. The SMILES string of the molecule is COc1cc(N2C(=S)NC(c3ccccn3)C2c2sccc2C)ccc1NC(=O)C(C)(C)C. The lowest BCUT2D eigenvalue weighted by molar-refractivity contribution is -0.123. The van der Waals surface area contributed by atoms with E-state index in [0.29, 0.717) is 16.5 Å². The fraction of sp³-hybridized carbons (Fsp3) is 0.320. The highest BCUT2D eigenvalue weighted by Crippen LogP contribution is 2.45. The van der Waals surface area contributed by atoms with Crippen LogP contribution >= 0.6 is 23.6 Å². The fourth-order valence-electron chi connectivity index (χ4n) is 3.83. The number of aryl methyl sites for hydroxylation is 1. The Kier molecular flexibility index (Phi) is 6.41. The van der Waals surface area contributed by atoms with Gasteiger partial charge in [0.25, 0.3) is 0 Å². The predicted octanol–water partition coefficient (Wildman–Crippen LogP) is 5.62. The molecule has 1 aromatic carbocycles. The summed E-state index contributed by atoms with van der Waals surface area (Å²) >= 11 is 7.52. The summed E-state index contributed by atoms with van der Waals surface area (Å²) in [5.74, 6) is 0.505. The summed E-state index contributed by atoms with van der Waals surface area (Å²) in [5, 5.41) is 9.18. The number of pyridine rings is 1. The maximum Gasteiger partial charge on any atom is 0.229 e. The Morgan fingerprint density at radius 3 is 2.64 bits per heavy atom. The van der Waals surface area contributed by atoms with E-state index in [4.69, 9.17) is 17.0 Å². The molecule has 8 heteroatoms. The van der Waals surface area contributed by atoms with Crippen molar-refractivity contribution in [3.63, 3.8) is 0 Å². The molecule has 2 aromatic heterocycles. The van der Waals surface area contributed by atoms with Gasteiger partial charge < -0.3 is 20.3 Å². The molecule has 4 rings (SSSR count). The summed E-state index contributed by atoms with van der Waals surface area (Å²) in [4.78, 5) is 20.5. The summed E-state index contributed by atoms with van der Waals surface area (Å²) in [6.07, 6.45) is 1.80. The quantitative estimate of drug-likeness (QED) is 0.462. The first-order valence-corrected chi connectivity index (χ1v) is 12.0. The van der Waals surface area contributed by atoms with Gasteiger partial charge in [0.05, 0.1) is 30.6 Å². The molecule has 0 spiro atoms. The van der Waals surface area contributed by atoms with E-state index in [-0.39, 0.29) is 18.0 Å². The van der Waals surface area contributed by atoms with E-state index in [1.165, 1.54) is 10.4 Å². The van der Waals surface area contributed by atoms with Gasteiger partial charge in [-0.15, -0.1) is 11.3 Å². The molecule has 1 amide bonds. The Bertz CT molecular complexity index is 1170. The van der Waals surface area contributed by atoms with Gasteiger partial charge in [-0.25, -0.2) is 0 Å². The van der Waals surface area contributed by atoms with Gasteiger partial charge in [-0.3, -0.25) is 9.78 Å². The molecular formula is C25H28N4O2S2. The third-order valence-electron chi connectivity index (χ3n) is 5.66. The summed E-state index contributed by atoms with van der Waals surface area (Å²) in [6, 6.07) is 13.6. The standard InChI is InChI=1S/C25H28N4O2S2/c1-15-11-13-33-22(15)21-20(18-8-6-7-12-26-18)28-24(32)29(21)16-9-10-17(19(14-16)31-5)27-23(30)25(2,3)4/h6-14,20-21H,1-5H3,(H,27,30)(H,28,32). The van der Waals surface area contributed by atoms with Crippen molar-refractivity contribution in [3.05, 3.63) is 70.2 Å². The topological polar surface area (TPSA) is 66.5 Å². The number of hydrogen-bond donors (Lipinski definition) is 2. The number of aromatic nitrogens is 1. The van der Waals surface area contributed by atoms with Crippen LogP contribution in [0.1, 0.15) is 49.0 Å². The minimum Gasteiger partial charge on any atom is -0.494 e. The van der Waals surface area contributed by atoms with E-state index >= 15 is 0 Å². The Hall–Kier alpha value is -2.97. The molecule has 1 fully saturated rings. The zero-order valence-electron chi connectivity index (χ0n) is 19.4. The summed E-state index contributed by atoms with van der Waals surface area (Å²) in [7, 11) is 1.60. The lowest BCUT2D eigenvalue weighted by Gasteiger charge is -2.28. The Balaban J connectivity index is 1.75. The van der Waals surface area contributed by atoms with E-state index in [1.54, 1.807) is 24.6 Å². The monoisotopic (exact) mass is 480 g/mol. The smallest absolute Gasteiger partial charge is 0.229 e. The minimum atomic E-state index is -0.512. The number of rotatable bonds is 5. The number of thiocarbonyl (C=S) groups is 1. The summed E-state index contributed by atoms with van der Waals surface area (Å²) in [5.41, 5.74) is 3.14. The first-order chi connectivity index (χ1) is 15.7. The number of anilines is 2. The summed E-state index contributed by atoms with van der Waals surface area (Å²) in [6.45, 7) is 7.75. The van der Waals surface area contributed by atoms with Crippen molar-refractivity contribution in [1.29, 1.82) is 0 Å². The van der Waals surface area contributed by atoms with Gasteiger partial charge in [-0.05, 0) is 60.4 Å². The van der Waals surface area contributed by atoms with Crippen LogP contribution in [0.25, 0.3) is 0 Å². The molecule has 1 saturated heterocycles. The number of ether oxygens (including phenoxy) is 1. The molecule has 1 aliphatic heterocycles. The lowest BCUT2D eigenvalue weighted by atomic mass is 9.95. The summed E-state index contributed by atoms with van der Waals surface area (Å²) < 4.78 is 5.64. The fourth-order valence-corrected chi connectivity index (χ4v) is 5.23. The molecule has 172 valence electrons. The van der Waals surface area contributed by atoms with Crippen LogP contribution in [0.15, 0.2) is 54.0 Å². The normalized spacial score (nSPS) is 18.2. The van der Waals surface area contributed by atoms with Crippen LogP contribution in [-0.4, -0.2) is 23.1 Å². The van der Waals surface area contributed by atoms with E-state index in [1.807, 2.05) is 57.2 Å². The molecule has 3 aromatic rings. The van der Waals surface area contributed by atoms with Crippen LogP contribution in [0.2, 0.25) is 0 Å². The molecule has 1 aliphatic rings. The Labute approximate surface area is 204 Å². The van der Waals surface area contributed by atoms with Crippen molar-refractivity contribution in [3.8, 4) is 5.75 Å². The number of carbonyl (C=O) groups excluding carboxylic acids is 1. The van der Waals surface area contributed by atoms with Crippen molar-refractivity contribution in [2.45, 2.75) is 39.8 Å². The maximum atomic E-state index is 12.5. The van der Waals surface area contributed by atoms with Gasteiger partial charge in [0, 0.05) is 28.2 Å². The van der Waals surface area contributed by atoms with Gasteiger partial charge in [0.15, 0.2) is 5.11 Å². The second-order valence-electron chi connectivity index (χ2n) is 9.05. The number of methoxy groups -OCH3 is 1. The lowest BCUT2D eigenvalue weighted by Crippen LogP contribution is -2.30. The molecule has 0 saturated carbocycles. The molecule has 0 bridgehead atoms. The van der Waals surface area contributed by atoms with Gasteiger partial charge >= 0.3 is 0 Å². The number of nitrogens with one attached hydrogen (secondary N) is 2. The van der Waals surface area contributed by atoms with Gasteiger partial charge in [0.2, 0.25) is 5.91 Å². The van der Waals surface area contributed by atoms with Crippen LogP contribution in [0.3, 0.4) is 0 Å². The molecule has 2 atom stereocenters. The number of thiophene rings is 1. The van der Waals surface area contributed by atoms with Crippen molar-refractivity contribution in [2.24, 2.45) is 5.41 Å². The average molecular weight is 481 g/mol. The molecule has 2 unspecified atom stereocenters. The van der Waals surface area contributed by atoms with Crippen LogP contribution < -0.4 is 20.3 Å². The molecule has 0 aliphatic carbocycles. The first kappa shape index (κ1) is 23.2. The second-order valence-corrected chi connectivity index (χ2v) is 10.4. The molecule has 2 N–H and O–H groups in total. The second kappa shape index (κ2) is 9.11. The Morgan fingerprint density at radius 2 is 2.03 bits per heavy atom. The van der Waals surface area contributed by atoms with Crippen molar-refractivity contribution < 1.29 is 9.53 Å². The predicted molar refractivity (Wildman–Crippen MR) is 138 cm³/mol. The van der Waals surface area contributed by atoms with Crippen LogP contribution in [0, 0.1) is 12.3 Å². The highest BCUT2D eigenvalue weighted by Gasteiger charge is 2.42. The van der Waals surface area contributed by atoms with Crippen LogP contribution in [0.5, 0.6) is 5.75 Å². The number of carbonyl (C=O) groups is 1. The Morgan fingerprint density at radius 1 is 1.24 bits per heavy atom. The first-order valence-electron chi connectivity index (χ1n) is 10.7. The zero-order chi connectivity index (χ0) is 23.8. The molecule has 6 nitrogen and oxygen atoms in total. The van der Waals surface area contributed by atoms with Gasteiger partial charge in [0.1, 0.15) is 5.75 Å². The third-order valence-corrected chi connectivity index (χ3v) is 7.07. The minimum absolute atomic E-state index is 0.0628. The van der Waals surface area contributed by atoms with Crippen LogP contribution in [-0.2, 0) is 4.79 Å². The van der Waals surface area contributed by atoms with Crippen molar-refractivity contribution >= 4 is 45.9 Å². The van der Waals surface area contributed by atoms with Gasteiger partial charge in [-0.1, -0.05) is 26.8 Å². The van der Waals surface area contributed by atoms with E-state index in [0.717, 1.165) is 11.4 Å². The highest BCUT2D eigenvalue weighted by molar-refractivity contribution is 7.80. The van der Waals surface area contributed by atoms with E-state index < -0.39 is 5.41 Å². The number of benzene rings is 1. The largest absolute Gasteiger partial charge is 0.494 e. The molecular weight excluding hydrogens is 452 g/mol. The van der Waals surface area contributed by atoms with E-state index in [2.05, 4.69) is 38.9 Å². The van der Waals surface area contributed by atoms with Crippen molar-refractivity contribution in [1.82, 2.24) is 10.3 Å². The van der Waals surface area contributed by atoms with Crippen molar-refractivity contribution in [2.75, 3.05) is 17.3 Å². The number of nitrogens with zero attached hydrogens (tertiary/aromatic N) is 2. The maximum absolute atomic E-state index is 12.5. The van der Waals surface area contributed by atoms with Crippen LogP contribution in [0.4, 0.5) is 11.4 Å². The number of hydrogen-bond acceptors (Lipinski definition) is 5. The zero-order valence-corrected chi connectivity index (χ0v) is 21.0. The molecule has 33 heavy (non-hydrogen) atoms. The van der Waals surface area contributed by atoms with E-state index in [9.17, 15) is 4.79 Å². The highest BCUT2D eigenvalue weighted by atomic mass is 32.1.